The molecule has 0 saturated carbocycles. The molecule has 0 aliphatic carbocycles. The van der Waals surface area contributed by atoms with Crippen molar-refractivity contribution >= 4 is 13.5 Å². The first-order valence-electron chi connectivity index (χ1n) is 6.61. The highest BCUT2D eigenvalue weighted by molar-refractivity contribution is 7.61. The minimum absolute atomic E-state index is 0.288. The van der Waals surface area contributed by atoms with E-state index in [2.05, 4.69) is 24.3 Å². The van der Waals surface area contributed by atoms with Crippen molar-refractivity contribution in [3.8, 4) is 16.9 Å². The minimum atomic E-state index is -0.769. The van der Waals surface area contributed by atoms with Crippen molar-refractivity contribution in [2.75, 3.05) is 6.16 Å². The number of rotatable bonds is 3. The Kier molecular flexibility index (Phi) is 3.54. The van der Waals surface area contributed by atoms with Crippen LogP contribution in [0.15, 0.2) is 48.5 Å². The molecule has 0 radical (unpaired) electrons. The van der Waals surface area contributed by atoms with Crippen LogP contribution in [0.3, 0.4) is 0 Å². The zero-order valence-electron chi connectivity index (χ0n) is 10.9. The Labute approximate surface area is 114 Å². The summed E-state index contributed by atoms with van der Waals surface area (Å²) >= 11 is 0. The Morgan fingerprint density at radius 3 is 2.53 bits per heavy atom. The van der Waals surface area contributed by atoms with Crippen LogP contribution in [0.4, 0.5) is 0 Å². The van der Waals surface area contributed by atoms with Crippen molar-refractivity contribution in [1.29, 1.82) is 0 Å². The van der Waals surface area contributed by atoms with Crippen molar-refractivity contribution in [3.63, 3.8) is 0 Å². The van der Waals surface area contributed by atoms with Crippen LogP contribution in [0.5, 0.6) is 5.75 Å². The highest BCUT2D eigenvalue weighted by Gasteiger charge is 2.27. The van der Waals surface area contributed by atoms with E-state index in [1.54, 1.807) is 0 Å². The molecule has 0 aromatic heterocycles. The summed E-state index contributed by atoms with van der Waals surface area (Å²) in [4.78, 5) is 0. The van der Waals surface area contributed by atoms with Gasteiger partial charge in [0.15, 0.2) is 0 Å². The first-order chi connectivity index (χ1) is 9.29. The van der Waals surface area contributed by atoms with Gasteiger partial charge in [0, 0.05) is 17.0 Å². The van der Waals surface area contributed by atoms with Crippen LogP contribution in [0.2, 0.25) is 0 Å². The molecule has 1 heterocycles. The first-order valence-corrected chi connectivity index (χ1v) is 8.06. The molecule has 0 bridgehead atoms. The summed E-state index contributed by atoms with van der Waals surface area (Å²) in [7, 11) is -0.769. The van der Waals surface area contributed by atoms with Gasteiger partial charge in [0.05, 0.1) is 6.10 Å². The van der Waals surface area contributed by atoms with Gasteiger partial charge in [0.2, 0.25) is 0 Å². The van der Waals surface area contributed by atoms with Crippen molar-refractivity contribution in [3.05, 3.63) is 48.5 Å². The molecule has 3 rings (SSSR count). The predicted molar refractivity (Wildman–Crippen MR) is 80.2 cm³/mol. The Hall–Kier alpha value is -1.37. The summed E-state index contributed by atoms with van der Waals surface area (Å²) in [6, 6.07) is 16.5. The van der Waals surface area contributed by atoms with Gasteiger partial charge < -0.3 is 9.63 Å². The molecule has 0 spiro atoms. The number of aliphatic hydroxyl groups is 1. The van der Waals surface area contributed by atoms with E-state index >= 15 is 0 Å². The Morgan fingerprint density at radius 1 is 1.05 bits per heavy atom. The third kappa shape index (κ3) is 2.39. The van der Waals surface area contributed by atoms with Crippen molar-refractivity contribution in [2.24, 2.45) is 0 Å². The molecule has 3 heteroatoms. The second-order valence-electron chi connectivity index (χ2n) is 4.73. The molecule has 98 valence electrons. The van der Waals surface area contributed by atoms with Crippen LogP contribution in [-0.4, -0.2) is 17.4 Å². The second kappa shape index (κ2) is 5.32. The van der Waals surface area contributed by atoms with Crippen molar-refractivity contribution in [1.82, 2.24) is 0 Å². The number of hydrogen-bond donors (Lipinski definition) is 1. The molecule has 2 atom stereocenters. The molecule has 0 amide bonds. The van der Waals surface area contributed by atoms with E-state index < -0.39 is 8.15 Å². The predicted octanol–water partition coefficient (Wildman–Crippen LogP) is 3.54. The average Bonchev–Trinajstić information content (AvgIpc) is 2.47. The second-order valence-corrected chi connectivity index (χ2v) is 6.51. The molecule has 1 N–H and O–H groups in total. The van der Waals surface area contributed by atoms with Crippen LogP contribution < -0.4 is 9.83 Å². The van der Waals surface area contributed by atoms with Gasteiger partial charge in [0.1, 0.15) is 13.9 Å². The highest BCUT2D eigenvalue weighted by Crippen LogP contribution is 2.48. The number of aliphatic hydroxyl groups excluding tert-OH is 1. The van der Waals surface area contributed by atoms with Crippen LogP contribution in [0, 0.1) is 0 Å². The van der Waals surface area contributed by atoms with Gasteiger partial charge in [-0.1, -0.05) is 49.4 Å². The van der Waals surface area contributed by atoms with E-state index in [1.165, 1.54) is 10.9 Å². The summed E-state index contributed by atoms with van der Waals surface area (Å²) in [5.74, 6) is 0.940. The summed E-state index contributed by atoms with van der Waals surface area (Å²) in [6.07, 6.45) is 1.19. The molecule has 0 fully saturated rings. The Morgan fingerprint density at radius 2 is 1.74 bits per heavy atom. The first kappa shape index (κ1) is 12.7. The molecular formula is C16H17O2P. The fourth-order valence-corrected chi connectivity index (χ4v) is 4.43. The van der Waals surface area contributed by atoms with Crippen molar-refractivity contribution < 1.29 is 9.63 Å². The SMILES string of the molecule is CCC(O)CP1Oc2ccccc2-c2ccccc21. The van der Waals surface area contributed by atoms with Gasteiger partial charge in [-0.15, -0.1) is 0 Å². The third-order valence-corrected chi connectivity index (χ3v) is 5.50. The van der Waals surface area contributed by atoms with Crippen LogP contribution in [0.1, 0.15) is 13.3 Å². The summed E-state index contributed by atoms with van der Waals surface area (Å²) < 4.78 is 6.14. The van der Waals surface area contributed by atoms with Gasteiger partial charge in [-0.3, -0.25) is 0 Å². The lowest BCUT2D eigenvalue weighted by Crippen LogP contribution is -2.21. The topological polar surface area (TPSA) is 29.5 Å². The van der Waals surface area contributed by atoms with Crippen LogP contribution in [0.25, 0.3) is 11.1 Å². The number of hydrogen-bond acceptors (Lipinski definition) is 2. The molecule has 19 heavy (non-hydrogen) atoms. The maximum atomic E-state index is 9.92. The molecular weight excluding hydrogens is 255 g/mol. The lowest BCUT2D eigenvalue weighted by atomic mass is 10.0. The lowest BCUT2D eigenvalue weighted by Gasteiger charge is -2.29. The monoisotopic (exact) mass is 272 g/mol. The summed E-state index contributed by atoms with van der Waals surface area (Å²) in [5, 5.41) is 11.2. The van der Waals surface area contributed by atoms with Gasteiger partial charge in [-0.25, -0.2) is 0 Å². The molecule has 2 aromatic carbocycles. The standard InChI is InChI=1S/C16H17O2P/c1-2-12(17)11-19-16-10-6-4-8-14(16)13-7-3-5-9-15(13)18-19/h3-10,12,17H,2,11H2,1H3. The summed E-state index contributed by atoms with van der Waals surface area (Å²) in [6.45, 7) is 2.00. The van der Waals surface area contributed by atoms with E-state index in [0.29, 0.717) is 6.16 Å². The zero-order chi connectivity index (χ0) is 13.2. The number of benzene rings is 2. The van der Waals surface area contributed by atoms with Gasteiger partial charge in [-0.05, 0) is 18.1 Å². The maximum absolute atomic E-state index is 9.92. The Bertz CT molecular complexity index is 582. The highest BCUT2D eigenvalue weighted by atomic mass is 31.1. The van der Waals surface area contributed by atoms with Crippen molar-refractivity contribution in [2.45, 2.75) is 19.4 Å². The lowest BCUT2D eigenvalue weighted by molar-refractivity contribution is 0.193. The fraction of sp³-hybridized carbons (Fsp3) is 0.250. The largest absolute Gasteiger partial charge is 0.469 e. The Balaban J connectivity index is 2.04. The number of para-hydroxylation sites is 1. The van der Waals surface area contributed by atoms with Crippen LogP contribution >= 0.6 is 8.15 Å². The minimum Gasteiger partial charge on any atom is -0.469 e. The van der Waals surface area contributed by atoms with E-state index in [9.17, 15) is 5.11 Å². The van der Waals surface area contributed by atoms with Gasteiger partial charge in [0.25, 0.3) is 0 Å². The molecule has 2 nitrogen and oxygen atoms in total. The van der Waals surface area contributed by atoms with Gasteiger partial charge >= 0.3 is 0 Å². The number of fused-ring (bicyclic) bond motifs is 3. The molecule has 0 saturated heterocycles. The van der Waals surface area contributed by atoms with E-state index in [0.717, 1.165) is 17.7 Å². The van der Waals surface area contributed by atoms with Gasteiger partial charge in [-0.2, -0.15) is 0 Å². The average molecular weight is 272 g/mol. The summed E-state index contributed by atoms with van der Waals surface area (Å²) in [5.41, 5.74) is 2.40. The normalized spacial score (nSPS) is 18.1. The molecule has 1 aliphatic heterocycles. The third-order valence-electron chi connectivity index (χ3n) is 3.41. The molecule has 2 unspecified atom stereocenters. The molecule has 1 aliphatic rings. The quantitative estimate of drug-likeness (QED) is 0.866. The molecule has 2 aromatic rings. The van der Waals surface area contributed by atoms with E-state index in [-0.39, 0.29) is 6.10 Å². The zero-order valence-corrected chi connectivity index (χ0v) is 11.8. The fourth-order valence-electron chi connectivity index (χ4n) is 2.31. The van der Waals surface area contributed by atoms with E-state index in [4.69, 9.17) is 4.52 Å². The van der Waals surface area contributed by atoms with E-state index in [1.807, 2.05) is 31.2 Å². The maximum Gasteiger partial charge on any atom is 0.131 e. The van der Waals surface area contributed by atoms with Crippen LogP contribution in [-0.2, 0) is 0 Å². The smallest absolute Gasteiger partial charge is 0.131 e.